The molecule has 0 heterocycles. The molecular formula is C18H25NO3. The normalized spacial score (nSPS) is 14.5. The SMILES string of the molecule is CCOC(OCC)c1c(C(O)C(C)N)ccc2ccccc12. The molecular weight excluding hydrogens is 278 g/mol. The third-order valence-electron chi connectivity index (χ3n) is 3.69. The van der Waals surface area contributed by atoms with E-state index in [4.69, 9.17) is 15.2 Å². The summed E-state index contributed by atoms with van der Waals surface area (Å²) >= 11 is 0. The molecule has 3 N–H and O–H groups in total. The van der Waals surface area contributed by atoms with Crippen LogP contribution in [0.2, 0.25) is 0 Å². The maximum Gasteiger partial charge on any atom is 0.184 e. The summed E-state index contributed by atoms with van der Waals surface area (Å²) in [6.45, 7) is 6.71. The summed E-state index contributed by atoms with van der Waals surface area (Å²) in [5, 5.41) is 12.6. The fourth-order valence-corrected chi connectivity index (χ4v) is 2.63. The quantitative estimate of drug-likeness (QED) is 0.770. The lowest BCUT2D eigenvalue weighted by Crippen LogP contribution is -2.26. The number of hydrogen-bond acceptors (Lipinski definition) is 4. The van der Waals surface area contributed by atoms with Gasteiger partial charge in [-0.2, -0.15) is 0 Å². The second kappa shape index (κ2) is 7.70. The zero-order valence-corrected chi connectivity index (χ0v) is 13.5. The van der Waals surface area contributed by atoms with E-state index in [1.807, 2.05) is 50.2 Å². The Morgan fingerprint density at radius 1 is 1.05 bits per heavy atom. The van der Waals surface area contributed by atoms with Gasteiger partial charge in [0.05, 0.1) is 6.10 Å². The number of aliphatic hydroxyl groups is 1. The average Bonchev–Trinajstić information content (AvgIpc) is 2.52. The summed E-state index contributed by atoms with van der Waals surface area (Å²) < 4.78 is 11.5. The Hall–Kier alpha value is -1.46. The van der Waals surface area contributed by atoms with Crippen LogP contribution in [-0.2, 0) is 9.47 Å². The Balaban J connectivity index is 2.65. The molecule has 2 unspecified atom stereocenters. The molecule has 2 atom stereocenters. The molecule has 4 heteroatoms. The standard InChI is InChI=1S/C18H25NO3/c1-4-21-18(22-5-2)16-14-9-7-6-8-13(14)10-11-15(16)17(20)12(3)19/h6-12,17-18,20H,4-5,19H2,1-3H3. The van der Waals surface area contributed by atoms with Gasteiger partial charge in [-0.25, -0.2) is 0 Å². The van der Waals surface area contributed by atoms with E-state index < -0.39 is 12.4 Å². The van der Waals surface area contributed by atoms with Crippen molar-refractivity contribution in [2.45, 2.75) is 39.2 Å². The predicted molar refractivity (Wildman–Crippen MR) is 88.6 cm³/mol. The fourth-order valence-electron chi connectivity index (χ4n) is 2.63. The molecule has 0 aliphatic heterocycles. The van der Waals surface area contributed by atoms with Gasteiger partial charge >= 0.3 is 0 Å². The van der Waals surface area contributed by atoms with Crippen LogP contribution in [0.15, 0.2) is 36.4 Å². The zero-order chi connectivity index (χ0) is 16.1. The molecule has 0 amide bonds. The second-order valence-corrected chi connectivity index (χ2v) is 5.34. The first-order valence-electron chi connectivity index (χ1n) is 7.78. The van der Waals surface area contributed by atoms with Gasteiger partial charge in [-0.05, 0) is 37.1 Å². The minimum Gasteiger partial charge on any atom is -0.387 e. The van der Waals surface area contributed by atoms with E-state index in [2.05, 4.69) is 0 Å². The minimum atomic E-state index is -0.761. The number of aliphatic hydroxyl groups excluding tert-OH is 1. The van der Waals surface area contributed by atoms with Crippen molar-refractivity contribution in [2.24, 2.45) is 5.73 Å². The highest BCUT2D eigenvalue weighted by molar-refractivity contribution is 5.87. The van der Waals surface area contributed by atoms with Gasteiger partial charge in [0.2, 0.25) is 0 Å². The third-order valence-corrected chi connectivity index (χ3v) is 3.69. The van der Waals surface area contributed by atoms with E-state index in [1.54, 1.807) is 6.92 Å². The van der Waals surface area contributed by atoms with Crippen molar-refractivity contribution < 1.29 is 14.6 Å². The van der Waals surface area contributed by atoms with Crippen LogP contribution < -0.4 is 5.73 Å². The number of fused-ring (bicyclic) bond motifs is 1. The van der Waals surface area contributed by atoms with Gasteiger partial charge in [0, 0.05) is 24.8 Å². The Morgan fingerprint density at radius 3 is 2.27 bits per heavy atom. The number of ether oxygens (including phenoxy) is 2. The first-order valence-corrected chi connectivity index (χ1v) is 7.78. The van der Waals surface area contributed by atoms with Gasteiger partial charge < -0.3 is 20.3 Å². The van der Waals surface area contributed by atoms with Crippen LogP contribution in [-0.4, -0.2) is 24.4 Å². The summed E-state index contributed by atoms with van der Waals surface area (Å²) in [4.78, 5) is 0. The maximum atomic E-state index is 10.5. The summed E-state index contributed by atoms with van der Waals surface area (Å²) in [7, 11) is 0. The minimum absolute atomic E-state index is 0.371. The summed E-state index contributed by atoms with van der Waals surface area (Å²) in [6, 6.07) is 11.6. The first-order chi connectivity index (χ1) is 10.6. The molecule has 0 saturated heterocycles. The molecule has 0 aliphatic carbocycles. The Bertz CT molecular complexity index is 606. The van der Waals surface area contributed by atoms with Gasteiger partial charge in [-0.1, -0.05) is 36.4 Å². The highest BCUT2D eigenvalue weighted by Gasteiger charge is 2.24. The number of nitrogens with two attached hydrogens (primary N) is 1. The molecule has 0 fully saturated rings. The van der Waals surface area contributed by atoms with E-state index in [0.29, 0.717) is 13.2 Å². The van der Waals surface area contributed by atoms with Crippen molar-refractivity contribution >= 4 is 10.8 Å². The van der Waals surface area contributed by atoms with Crippen molar-refractivity contribution in [3.63, 3.8) is 0 Å². The van der Waals surface area contributed by atoms with Gasteiger partial charge in [0.15, 0.2) is 6.29 Å². The Morgan fingerprint density at radius 2 is 1.68 bits per heavy atom. The van der Waals surface area contributed by atoms with E-state index in [1.165, 1.54) is 0 Å². The van der Waals surface area contributed by atoms with Gasteiger partial charge in [-0.15, -0.1) is 0 Å². The van der Waals surface area contributed by atoms with Crippen LogP contribution >= 0.6 is 0 Å². The predicted octanol–water partition coefficient (Wildman–Crippen LogP) is 3.29. The molecule has 2 rings (SSSR count). The van der Waals surface area contributed by atoms with Gasteiger partial charge in [-0.3, -0.25) is 0 Å². The highest BCUT2D eigenvalue weighted by atomic mass is 16.7. The number of hydrogen-bond donors (Lipinski definition) is 2. The lowest BCUT2D eigenvalue weighted by Gasteiger charge is -2.26. The zero-order valence-electron chi connectivity index (χ0n) is 13.5. The van der Waals surface area contributed by atoms with Crippen molar-refractivity contribution in [2.75, 3.05) is 13.2 Å². The second-order valence-electron chi connectivity index (χ2n) is 5.34. The van der Waals surface area contributed by atoms with E-state index in [0.717, 1.165) is 21.9 Å². The van der Waals surface area contributed by atoms with Crippen molar-refractivity contribution in [3.8, 4) is 0 Å². The van der Waals surface area contributed by atoms with Crippen LogP contribution in [0.1, 0.15) is 44.3 Å². The molecule has 0 aliphatic rings. The van der Waals surface area contributed by atoms with E-state index in [-0.39, 0.29) is 6.04 Å². The molecule has 22 heavy (non-hydrogen) atoms. The topological polar surface area (TPSA) is 64.7 Å². The largest absolute Gasteiger partial charge is 0.387 e. The molecule has 0 saturated carbocycles. The van der Waals surface area contributed by atoms with Crippen molar-refractivity contribution in [1.29, 1.82) is 0 Å². The summed E-state index contributed by atoms with van der Waals surface area (Å²) in [5.41, 5.74) is 7.53. The van der Waals surface area contributed by atoms with Crippen LogP contribution in [0.3, 0.4) is 0 Å². The molecule has 0 bridgehead atoms. The lowest BCUT2D eigenvalue weighted by atomic mass is 9.92. The monoisotopic (exact) mass is 303 g/mol. The summed E-state index contributed by atoms with van der Waals surface area (Å²) in [6.07, 6.45) is -1.27. The molecule has 0 aromatic heterocycles. The Labute approximate surface area is 131 Å². The molecule has 4 nitrogen and oxygen atoms in total. The molecule has 0 spiro atoms. The molecule has 2 aromatic rings. The number of rotatable bonds is 7. The maximum absolute atomic E-state index is 10.5. The fraction of sp³-hybridized carbons (Fsp3) is 0.444. The van der Waals surface area contributed by atoms with E-state index in [9.17, 15) is 5.11 Å². The third kappa shape index (κ3) is 3.47. The van der Waals surface area contributed by atoms with Crippen LogP contribution in [0, 0.1) is 0 Å². The molecule has 0 radical (unpaired) electrons. The first kappa shape index (κ1) is 16.9. The average molecular weight is 303 g/mol. The smallest absolute Gasteiger partial charge is 0.184 e. The van der Waals surface area contributed by atoms with Crippen LogP contribution in [0.25, 0.3) is 10.8 Å². The number of benzene rings is 2. The van der Waals surface area contributed by atoms with E-state index >= 15 is 0 Å². The Kier molecular flexibility index (Phi) is 5.91. The van der Waals surface area contributed by atoms with Gasteiger partial charge in [0.25, 0.3) is 0 Å². The highest BCUT2D eigenvalue weighted by Crippen LogP contribution is 2.34. The summed E-state index contributed by atoms with van der Waals surface area (Å²) in [5.74, 6) is 0. The molecule has 120 valence electrons. The van der Waals surface area contributed by atoms with Crippen molar-refractivity contribution in [3.05, 3.63) is 47.5 Å². The van der Waals surface area contributed by atoms with Crippen LogP contribution in [0.5, 0.6) is 0 Å². The molecule has 2 aromatic carbocycles. The van der Waals surface area contributed by atoms with Crippen molar-refractivity contribution in [1.82, 2.24) is 0 Å². The lowest BCUT2D eigenvalue weighted by molar-refractivity contribution is -0.140. The van der Waals surface area contributed by atoms with Crippen LogP contribution in [0.4, 0.5) is 0 Å². The van der Waals surface area contributed by atoms with Gasteiger partial charge in [0.1, 0.15) is 0 Å².